The van der Waals surface area contributed by atoms with Gasteiger partial charge in [0.25, 0.3) is 0 Å². The molecule has 1 aliphatic heterocycles. The van der Waals surface area contributed by atoms with Crippen molar-refractivity contribution in [1.29, 1.82) is 0 Å². The lowest BCUT2D eigenvalue weighted by molar-refractivity contribution is 0.0600. The summed E-state index contributed by atoms with van der Waals surface area (Å²) in [5, 5.41) is 0. The van der Waals surface area contributed by atoms with E-state index in [0.717, 1.165) is 15.4 Å². The quantitative estimate of drug-likeness (QED) is 0.753. The Morgan fingerprint density at radius 2 is 1.95 bits per heavy atom. The smallest absolute Gasteiger partial charge is 0.337 e. The molecule has 0 aromatic heterocycles. The highest BCUT2D eigenvalue weighted by atomic mass is 32.2. The summed E-state index contributed by atoms with van der Waals surface area (Å²) < 4.78 is 4.72. The van der Waals surface area contributed by atoms with Gasteiger partial charge in [0.2, 0.25) is 0 Å². The van der Waals surface area contributed by atoms with Crippen LogP contribution in [0.4, 0.5) is 0 Å². The molecular formula is C16H12O3S. The number of methoxy groups -OCH3 is 1. The number of benzene rings is 2. The first-order valence-electron chi connectivity index (χ1n) is 6.20. The van der Waals surface area contributed by atoms with Crippen LogP contribution in [0.1, 0.15) is 26.3 Å². The lowest BCUT2D eigenvalue weighted by Gasteiger charge is -2.06. The summed E-state index contributed by atoms with van der Waals surface area (Å²) in [6, 6.07) is 12.9. The first-order valence-corrected chi connectivity index (χ1v) is 7.02. The lowest BCUT2D eigenvalue weighted by atomic mass is 10.0. The fourth-order valence-electron chi connectivity index (χ4n) is 2.22. The van der Waals surface area contributed by atoms with E-state index in [2.05, 4.69) is 0 Å². The second-order valence-corrected chi connectivity index (χ2v) is 5.60. The molecule has 0 saturated heterocycles. The maximum absolute atomic E-state index is 12.3. The molecule has 0 amide bonds. The first kappa shape index (κ1) is 12.9. The number of hydrogen-bond acceptors (Lipinski definition) is 4. The number of fused-ring (bicyclic) bond motifs is 2. The second kappa shape index (κ2) is 5.13. The number of carbonyl (C=O) groups excluding carboxylic acids is 2. The first-order chi connectivity index (χ1) is 9.69. The number of rotatable bonds is 1. The minimum atomic E-state index is -0.390. The third-order valence-electron chi connectivity index (χ3n) is 3.25. The zero-order valence-corrected chi connectivity index (χ0v) is 11.7. The molecule has 0 spiro atoms. The van der Waals surface area contributed by atoms with Crippen LogP contribution in [-0.4, -0.2) is 18.9 Å². The minimum Gasteiger partial charge on any atom is -0.465 e. The van der Waals surface area contributed by atoms with Gasteiger partial charge in [0.1, 0.15) is 0 Å². The van der Waals surface area contributed by atoms with Gasteiger partial charge in [-0.1, -0.05) is 30.0 Å². The van der Waals surface area contributed by atoms with Gasteiger partial charge in [-0.05, 0) is 29.8 Å². The Morgan fingerprint density at radius 1 is 1.15 bits per heavy atom. The molecule has 3 nitrogen and oxygen atoms in total. The van der Waals surface area contributed by atoms with E-state index in [-0.39, 0.29) is 5.78 Å². The molecule has 0 atom stereocenters. The Kier molecular flexibility index (Phi) is 3.32. The van der Waals surface area contributed by atoms with Crippen molar-refractivity contribution in [3.63, 3.8) is 0 Å². The van der Waals surface area contributed by atoms with E-state index in [1.54, 1.807) is 18.2 Å². The van der Waals surface area contributed by atoms with Gasteiger partial charge in [-0.25, -0.2) is 4.79 Å². The van der Waals surface area contributed by atoms with E-state index >= 15 is 0 Å². The van der Waals surface area contributed by atoms with E-state index in [0.29, 0.717) is 17.5 Å². The summed E-state index contributed by atoms with van der Waals surface area (Å²) in [6.45, 7) is 0. The van der Waals surface area contributed by atoms with E-state index < -0.39 is 5.97 Å². The number of hydrogen-bond donors (Lipinski definition) is 0. The van der Waals surface area contributed by atoms with E-state index in [4.69, 9.17) is 4.74 Å². The van der Waals surface area contributed by atoms with Crippen molar-refractivity contribution in [2.75, 3.05) is 7.11 Å². The van der Waals surface area contributed by atoms with Crippen LogP contribution in [0.3, 0.4) is 0 Å². The predicted octanol–water partition coefficient (Wildman–Crippen LogP) is 3.36. The van der Waals surface area contributed by atoms with Crippen molar-refractivity contribution in [3.05, 3.63) is 59.2 Å². The number of Topliss-reactive ketones (excluding diaryl/α,β-unsaturated/α-hetero) is 1. The summed E-state index contributed by atoms with van der Waals surface area (Å²) in [6.07, 6.45) is 0.397. The fourth-order valence-corrected chi connectivity index (χ4v) is 3.35. The highest BCUT2D eigenvalue weighted by molar-refractivity contribution is 7.99. The Balaban J connectivity index is 2.11. The number of ether oxygens (including phenoxy) is 1. The average molecular weight is 284 g/mol. The molecule has 100 valence electrons. The van der Waals surface area contributed by atoms with Gasteiger partial charge in [-0.2, -0.15) is 0 Å². The van der Waals surface area contributed by atoms with Crippen LogP contribution in [0, 0.1) is 0 Å². The molecule has 0 radical (unpaired) electrons. The van der Waals surface area contributed by atoms with Crippen LogP contribution >= 0.6 is 11.8 Å². The Hall–Kier alpha value is -2.07. The molecule has 3 rings (SSSR count). The molecule has 0 fully saturated rings. The zero-order chi connectivity index (χ0) is 14.1. The number of carbonyl (C=O) groups is 2. The molecular weight excluding hydrogens is 272 g/mol. The summed E-state index contributed by atoms with van der Waals surface area (Å²) in [5.74, 6) is -0.313. The van der Waals surface area contributed by atoms with Crippen LogP contribution < -0.4 is 0 Å². The van der Waals surface area contributed by atoms with Gasteiger partial charge in [0.15, 0.2) is 5.78 Å². The highest BCUT2D eigenvalue weighted by Gasteiger charge is 2.21. The van der Waals surface area contributed by atoms with Crippen molar-refractivity contribution < 1.29 is 14.3 Å². The molecule has 2 aromatic carbocycles. The van der Waals surface area contributed by atoms with Crippen molar-refractivity contribution in [2.45, 2.75) is 16.2 Å². The summed E-state index contributed by atoms with van der Waals surface area (Å²) in [7, 11) is 1.35. The average Bonchev–Trinajstić information content (AvgIpc) is 2.61. The van der Waals surface area contributed by atoms with Crippen LogP contribution in [-0.2, 0) is 11.2 Å². The van der Waals surface area contributed by atoms with Crippen molar-refractivity contribution in [1.82, 2.24) is 0 Å². The normalized spacial score (nSPS) is 13.2. The van der Waals surface area contributed by atoms with Crippen LogP contribution in [0.2, 0.25) is 0 Å². The van der Waals surface area contributed by atoms with Crippen LogP contribution in [0.25, 0.3) is 0 Å². The standard InChI is InChI=1S/C16H12O3S/c1-19-16(18)11-6-7-12-13(17)8-10-4-2-3-5-14(10)20-15(12)9-11/h2-7,9H,8H2,1H3. The van der Waals surface area contributed by atoms with Crippen molar-refractivity contribution >= 4 is 23.5 Å². The predicted molar refractivity (Wildman–Crippen MR) is 76.4 cm³/mol. The number of ketones is 1. The van der Waals surface area contributed by atoms with Gasteiger partial charge in [0.05, 0.1) is 12.7 Å². The largest absolute Gasteiger partial charge is 0.465 e. The zero-order valence-electron chi connectivity index (χ0n) is 10.9. The van der Waals surface area contributed by atoms with Crippen LogP contribution in [0.15, 0.2) is 52.3 Å². The molecule has 0 aliphatic carbocycles. The van der Waals surface area contributed by atoms with E-state index in [1.165, 1.54) is 18.9 Å². The van der Waals surface area contributed by atoms with Gasteiger partial charge >= 0.3 is 5.97 Å². The van der Waals surface area contributed by atoms with E-state index in [9.17, 15) is 9.59 Å². The molecule has 0 saturated carbocycles. The number of esters is 1. The molecule has 20 heavy (non-hydrogen) atoms. The van der Waals surface area contributed by atoms with Crippen molar-refractivity contribution in [2.24, 2.45) is 0 Å². The SMILES string of the molecule is COC(=O)c1ccc2c(c1)Sc1ccccc1CC2=O. The monoisotopic (exact) mass is 284 g/mol. The molecule has 2 aromatic rings. The van der Waals surface area contributed by atoms with E-state index in [1.807, 2.05) is 24.3 Å². The Bertz CT molecular complexity index is 707. The third-order valence-corrected chi connectivity index (χ3v) is 4.42. The maximum atomic E-state index is 12.3. The summed E-state index contributed by atoms with van der Waals surface area (Å²) in [4.78, 5) is 25.8. The van der Waals surface area contributed by atoms with Gasteiger partial charge in [0, 0.05) is 21.8 Å². The van der Waals surface area contributed by atoms with Gasteiger partial charge < -0.3 is 4.74 Å². The minimum absolute atomic E-state index is 0.0777. The summed E-state index contributed by atoms with van der Waals surface area (Å²) >= 11 is 1.52. The lowest BCUT2D eigenvalue weighted by Crippen LogP contribution is -2.06. The second-order valence-electron chi connectivity index (χ2n) is 4.51. The highest BCUT2D eigenvalue weighted by Crippen LogP contribution is 2.37. The molecule has 1 heterocycles. The topological polar surface area (TPSA) is 43.4 Å². The van der Waals surface area contributed by atoms with Crippen molar-refractivity contribution in [3.8, 4) is 0 Å². The molecule has 1 aliphatic rings. The molecule has 0 N–H and O–H groups in total. The Labute approximate surface area is 121 Å². The van der Waals surface area contributed by atoms with Gasteiger partial charge in [-0.3, -0.25) is 4.79 Å². The third kappa shape index (κ3) is 2.23. The Morgan fingerprint density at radius 3 is 2.75 bits per heavy atom. The van der Waals surface area contributed by atoms with Crippen LogP contribution in [0.5, 0.6) is 0 Å². The molecule has 0 unspecified atom stereocenters. The fraction of sp³-hybridized carbons (Fsp3) is 0.125. The molecule has 4 heteroatoms. The van der Waals surface area contributed by atoms with Gasteiger partial charge in [-0.15, -0.1) is 0 Å². The maximum Gasteiger partial charge on any atom is 0.337 e. The summed E-state index contributed by atoms with van der Waals surface area (Å²) in [5.41, 5.74) is 2.16. The molecule has 0 bridgehead atoms.